The molecule has 0 aliphatic carbocycles. The van der Waals surface area contributed by atoms with E-state index in [2.05, 4.69) is 15.9 Å². The Balaban J connectivity index is 2.38. The van der Waals surface area contributed by atoms with Crippen molar-refractivity contribution >= 4 is 37.6 Å². The van der Waals surface area contributed by atoms with E-state index in [1.54, 1.807) is 12.1 Å². The van der Waals surface area contributed by atoms with Crippen LogP contribution >= 0.6 is 15.9 Å². The summed E-state index contributed by atoms with van der Waals surface area (Å²) in [6.07, 6.45) is -0.0178. The highest BCUT2D eigenvalue weighted by atomic mass is 79.9. The van der Waals surface area contributed by atoms with Crippen molar-refractivity contribution in [2.24, 2.45) is 0 Å². The van der Waals surface area contributed by atoms with Crippen molar-refractivity contribution in [2.45, 2.75) is 17.7 Å². The quantitative estimate of drug-likeness (QED) is 0.748. The predicted molar refractivity (Wildman–Crippen MR) is 91.9 cm³/mol. The fraction of sp³-hybridized carbons (Fsp3) is 0.188. The maximum absolute atomic E-state index is 13.1. The first-order valence-corrected chi connectivity index (χ1v) is 9.29. The van der Waals surface area contributed by atoms with Gasteiger partial charge in [-0.3, -0.25) is 9.10 Å². The number of carbonyl (C=O) groups is 1. The van der Waals surface area contributed by atoms with Crippen LogP contribution in [0.2, 0.25) is 0 Å². The van der Waals surface area contributed by atoms with Crippen LogP contribution in [-0.4, -0.2) is 26.0 Å². The van der Waals surface area contributed by atoms with Crippen LogP contribution in [-0.2, 0) is 14.8 Å². The lowest BCUT2D eigenvalue weighted by atomic mass is 10.3. The molecule has 0 unspecified atom stereocenters. The Hall–Kier alpha value is -1.93. The van der Waals surface area contributed by atoms with Crippen molar-refractivity contribution < 1.29 is 22.7 Å². The van der Waals surface area contributed by atoms with Gasteiger partial charge in [0.1, 0.15) is 5.82 Å². The number of hydrogen-bond acceptors (Lipinski definition) is 3. The van der Waals surface area contributed by atoms with Crippen LogP contribution in [0.25, 0.3) is 0 Å². The zero-order valence-electron chi connectivity index (χ0n) is 12.5. The van der Waals surface area contributed by atoms with Gasteiger partial charge in [-0.15, -0.1) is 0 Å². The molecule has 0 saturated carbocycles. The van der Waals surface area contributed by atoms with Gasteiger partial charge in [0.2, 0.25) is 0 Å². The summed E-state index contributed by atoms with van der Waals surface area (Å²) in [4.78, 5) is 10.8. The number of anilines is 1. The molecule has 0 fully saturated rings. The minimum atomic E-state index is -3.88. The van der Waals surface area contributed by atoms with E-state index < -0.39 is 21.8 Å². The smallest absolute Gasteiger partial charge is 0.303 e. The Morgan fingerprint density at radius 3 is 2.21 bits per heavy atom. The molecule has 0 heterocycles. The van der Waals surface area contributed by atoms with Crippen LogP contribution in [0.1, 0.15) is 12.8 Å². The first-order valence-electron chi connectivity index (χ1n) is 7.06. The Kier molecular flexibility index (Phi) is 5.95. The summed E-state index contributed by atoms with van der Waals surface area (Å²) in [6, 6.07) is 11.1. The van der Waals surface area contributed by atoms with Gasteiger partial charge in [0.25, 0.3) is 10.0 Å². The summed E-state index contributed by atoms with van der Waals surface area (Å²) < 4.78 is 40.7. The van der Waals surface area contributed by atoms with Crippen molar-refractivity contribution in [3.63, 3.8) is 0 Å². The third-order valence-electron chi connectivity index (χ3n) is 3.27. The van der Waals surface area contributed by atoms with Gasteiger partial charge in [-0.25, -0.2) is 12.8 Å². The Bertz CT molecular complexity index is 807. The molecule has 0 saturated heterocycles. The van der Waals surface area contributed by atoms with E-state index in [0.717, 1.165) is 20.9 Å². The van der Waals surface area contributed by atoms with E-state index in [-0.39, 0.29) is 30.0 Å². The van der Waals surface area contributed by atoms with Gasteiger partial charge in [0.05, 0.1) is 10.6 Å². The van der Waals surface area contributed by atoms with E-state index in [9.17, 15) is 17.6 Å². The molecule has 0 bridgehead atoms. The lowest BCUT2D eigenvalue weighted by Crippen LogP contribution is -2.32. The standard InChI is InChI=1S/C16H15BrFNO4S/c17-12-3-9-15(10-4-12)24(22,23)19(11-1-2-16(20)21)14-7-5-13(18)6-8-14/h3-10H,1-2,11H2,(H,20,21). The second-order valence-electron chi connectivity index (χ2n) is 5.00. The molecule has 24 heavy (non-hydrogen) atoms. The third-order valence-corrected chi connectivity index (χ3v) is 5.64. The normalized spacial score (nSPS) is 11.2. The molecule has 128 valence electrons. The summed E-state index contributed by atoms with van der Waals surface area (Å²) in [5.41, 5.74) is 0.282. The van der Waals surface area contributed by atoms with E-state index in [1.165, 1.54) is 24.3 Å². The molecule has 8 heteroatoms. The molecule has 2 aromatic carbocycles. The van der Waals surface area contributed by atoms with Crippen LogP contribution in [0.3, 0.4) is 0 Å². The van der Waals surface area contributed by atoms with Gasteiger partial charge in [-0.05, 0) is 55.0 Å². The molecule has 0 aliphatic rings. The summed E-state index contributed by atoms with van der Waals surface area (Å²) >= 11 is 3.24. The maximum Gasteiger partial charge on any atom is 0.303 e. The summed E-state index contributed by atoms with van der Waals surface area (Å²) in [5, 5.41) is 8.76. The lowest BCUT2D eigenvalue weighted by molar-refractivity contribution is -0.137. The van der Waals surface area contributed by atoms with Gasteiger partial charge >= 0.3 is 5.97 Å². The van der Waals surface area contributed by atoms with Gasteiger partial charge in [0, 0.05) is 17.4 Å². The van der Waals surface area contributed by atoms with Crippen LogP contribution in [0, 0.1) is 5.82 Å². The van der Waals surface area contributed by atoms with Crippen molar-refractivity contribution in [1.82, 2.24) is 0 Å². The highest BCUT2D eigenvalue weighted by Gasteiger charge is 2.25. The zero-order chi connectivity index (χ0) is 17.7. The fourth-order valence-corrected chi connectivity index (χ4v) is 3.87. The zero-order valence-corrected chi connectivity index (χ0v) is 14.9. The number of carboxylic acid groups (broad SMARTS) is 1. The number of rotatable bonds is 7. The van der Waals surface area contributed by atoms with E-state index in [4.69, 9.17) is 5.11 Å². The number of carboxylic acids is 1. The van der Waals surface area contributed by atoms with Gasteiger partial charge < -0.3 is 5.11 Å². The van der Waals surface area contributed by atoms with Gasteiger partial charge in [-0.2, -0.15) is 0 Å². The molecule has 0 aromatic heterocycles. The number of halogens is 2. The second kappa shape index (κ2) is 7.76. The molecule has 0 aliphatic heterocycles. The molecular weight excluding hydrogens is 401 g/mol. The molecule has 1 N–H and O–H groups in total. The third kappa shape index (κ3) is 4.55. The molecule has 5 nitrogen and oxygen atoms in total. The highest BCUT2D eigenvalue weighted by Crippen LogP contribution is 2.25. The van der Waals surface area contributed by atoms with Crippen molar-refractivity contribution in [2.75, 3.05) is 10.8 Å². The Labute approximate surface area is 147 Å². The maximum atomic E-state index is 13.1. The number of nitrogens with zero attached hydrogens (tertiary/aromatic N) is 1. The molecule has 0 amide bonds. The Morgan fingerprint density at radius 1 is 1.08 bits per heavy atom. The van der Waals surface area contributed by atoms with Gasteiger partial charge in [-0.1, -0.05) is 15.9 Å². The van der Waals surface area contributed by atoms with Crippen molar-refractivity contribution in [3.05, 3.63) is 58.8 Å². The molecule has 0 radical (unpaired) electrons. The number of hydrogen-bond donors (Lipinski definition) is 1. The van der Waals surface area contributed by atoms with Crippen LogP contribution in [0.4, 0.5) is 10.1 Å². The number of sulfonamides is 1. The van der Waals surface area contributed by atoms with Crippen LogP contribution in [0.5, 0.6) is 0 Å². The van der Waals surface area contributed by atoms with Crippen molar-refractivity contribution in [3.8, 4) is 0 Å². The predicted octanol–water partition coefficient (Wildman–Crippen LogP) is 3.65. The van der Waals surface area contributed by atoms with Crippen LogP contribution in [0.15, 0.2) is 57.9 Å². The van der Waals surface area contributed by atoms with Crippen LogP contribution < -0.4 is 4.31 Å². The van der Waals surface area contributed by atoms with E-state index >= 15 is 0 Å². The molecular formula is C16H15BrFNO4S. The summed E-state index contributed by atoms with van der Waals surface area (Å²) in [5.74, 6) is -1.49. The first kappa shape index (κ1) is 18.4. The minimum absolute atomic E-state index is 0.0175. The number of aliphatic carboxylic acids is 1. The molecule has 0 spiro atoms. The Morgan fingerprint density at radius 2 is 1.67 bits per heavy atom. The van der Waals surface area contributed by atoms with E-state index in [1.807, 2.05) is 0 Å². The second-order valence-corrected chi connectivity index (χ2v) is 7.78. The van der Waals surface area contributed by atoms with E-state index in [0.29, 0.717) is 0 Å². The molecule has 2 aromatic rings. The molecule has 0 atom stereocenters. The summed E-state index contributed by atoms with van der Waals surface area (Å²) in [7, 11) is -3.88. The molecule has 2 rings (SSSR count). The monoisotopic (exact) mass is 415 g/mol. The average molecular weight is 416 g/mol. The number of benzene rings is 2. The largest absolute Gasteiger partial charge is 0.481 e. The van der Waals surface area contributed by atoms with Crippen molar-refractivity contribution in [1.29, 1.82) is 0 Å². The van der Waals surface area contributed by atoms with Gasteiger partial charge in [0.15, 0.2) is 0 Å². The minimum Gasteiger partial charge on any atom is -0.481 e. The highest BCUT2D eigenvalue weighted by molar-refractivity contribution is 9.10. The average Bonchev–Trinajstić information content (AvgIpc) is 2.53. The topological polar surface area (TPSA) is 74.7 Å². The lowest BCUT2D eigenvalue weighted by Gasteiger charge is -2.24. The fourth-order valence-electron chi connectivity index (χ4n) is 2.10. The SMILES string of the molecule is O=C(O)CCCN(c1ccc(F)cc1)S(=O)(=O)c1ccc(Br)cc1. The first-order chi connectivity index (χ1) is 11.3. The summed E-state index contributed by atoms with van der Waals surface area (Å²) in [6.45, 7) is -0.0175.